The van der Waals surface area contributed by atoms with Gasteiger partial charge < -0.3 is 9.84 Å². The first-order chi connectivity index (χ1) is 6.07. The topological polar surface area (TPSA) is 32.7 Å². The van der Waals surface area contributed by atoms with Crippen LogP contribution in [0.15, 0.2) is 0 Å². The number of rotatable bonds is 2. The highest BCUT2D eigenvalue weighted by atomic mass is 16.5. The lowest BCUT2D eigenvalue weighted by atomic mass is 9.92. The first-order valence-corrected chi connectivity index (χ1v) is 5.00. The van der Waals surface area contributed by atoms with Gasteiger partial charge in [-0.2, -0.15) is 0 Å². The predicted octanol–water partition coefficient (Wildman–Crippen LogP) is 0.726. The lowest BCUT2D eigenvalue weighted by Gasteiger charge is -2.32. The van der Waals surface area contributed by atoms with Crippen LogP contribution in [0.1, 0.15) is 20.8 Å². The maximum absolute atomic E-state index is 9.27. The van der Waals surface area contributed by atoms with E-state index in [9.17, 15) is 5.11 Å². The molecule has 1 aliphatic heterocycles. The van der Waals surface area contributed by atoms with Crippen molar-refractivity contribution in [2.24, 2.45) is 5.41 Å². The summed E-state index contributed by atoms with van der Waals surface area (Å²) in [5.41, 5.74) is -0.0826. The molecule has 1 rings (SSSR count). The molecule has 1 aliphatic rings. The second-order valence-electron chi connectivity index (χ2n) is 4.59. The molecule has 0 aromatic rings. The van der Waals surface area contributed by atoms with Gasteiger partial charge in [0.15, 0.2) is 0 Å². The molecule has 13 heavy (non-hydrogen) atoms. The van der Waals surface area contributed by atoms with Gasteiger partial charge in [-0.15, -0.1) is 0 Å². The monoisotopic (exact) mass is 187 g/mol. The van der Waals surface area contributed by atoms with Crippen molar-refractivity contribution in [3.63, 3.8) is 0 Å². The van der Waals surface area contributed by atoms with Crippen molar-refractivity contribution in [2.75, 3.05) is 32.9 Å². The maximum atomic E-state index is 9.27. The summed E-state index contributed by atoms with van der Waals surface area (Å²) in [7, 11) is 0. The third-order valence-corrected chi connectivity index (χ3v) is 2.67. The quantitative estimate of drug-likeness (QED) is 0.691. The number of hydrogen-bond donors (Lipinski definition) is 1. The zero-order chi connectivity index (χ0) is 9.90. The van der Waals surface area contributed by atoms with Gasteiger partial charge in [-0.25, -0.2) is 0 Å². The Kier molecular flexibility index (Phi) is 3.71. The van der Waals surface area contributed by atoms with Crippen molar-refractivity contribution in [1.29, 1.82) is 0 Å². The number of aliphatic hydroxyl groups excluding tert-OH is 1. The summed E-state index contributed by atoms with van der Waals surface area (Å²) >= 11 is 0. The van der Waals surface area contributed by atoms with E-state index in [4.69, 9.17) is 4.74 Å². The molecule has 0 radical (unpaired) electrons. The molecule has 0 saturated carbocycles. The third-order valence-electron chi connectivity index (χ3n) is 2.67. The predicted molar refractivity (Wildman–Crippen MR) is 52.7 cm³/mol. The van der Waals surface area contributed by atoms with E-state index in [2.05, 4.69) is 25.7 Å². The van der Waals surface area contributed by atoms with Crippen molar-refractivity contribution in [3.05, 3.63) is 0 Å². The fourth-order valence-corrected chi connectivity index (χ4v) is 1.65. The van der Waals surface area contributed by atoms with Crippen molar-refractivity contribution >= 4 is 0 Å². The second kappa shape index (κ2) is 4.40. The largest absolute Gasteiger partial charge is 0.396 e. The zero-order valence-corrected chi connectivity index (χ0v) is 8.92. The van der Waals surface area contributed by atoms with Gasteiger partial charge in [-0.1, -0.05) is 6.92 Å². The van der Waals surface area contributed by atoms with Gasteiger partial charge in [0, 0.05) is 24.5 Å². The standard InChI is InChI=1S/C10H21NO2/c1-9(2)11-4-5-13-8-10(3,6-11)7-12/h9,12H,4-8H2,1-3H3/t10-/m1/s1. The van der Waals surface area contributed by atoms with E-state index in [1.165, 1.54) is 0 Å². The Morgan fingerprint density at radius 1 is 1.54 bits per heavy atom. The van der Waals surface area contributed by atoms with Crippen LogP contribution < -0.4 is 0 Å². The minimum atomic E-state index is -0.0826. The molecule has 1 fully saturated rings. The van der Waals surface area contributed by atoms with E-state index < -0.39 is 0 Å². The van der Waals surface area contributed by atoms with Gasteiger partial charge >= 0.3 is 0 Å². The van der Waals surface area contributed by atoms with E-state index in [-0.39, 0.29) is 12.0 Å². The molecule has 3 nitrogen and oxygen atoms in total. The second-order valence-corrected chi connectivity index (χ2v) is 4.59. The Labute approximate surface area is 80.7 Å². The van der Waals surface area contributed by atoms with Crippen molar-refractivity contribution in [2.45, 2.75) is 26.8 Å². The van der Waals surface area contributed by atoms with E-state index in [1.54, 1.807) is 0 Å². The molecule has 0 aromatic heterocycles. The van der Waals surface area contributed by atoms with Crippen LogP contribution in [-0.4, -0.2) is 49.0 Å². The minimum Gasteiger partial charge on any atom is -0.396 e. The molecule has 0 aromatic carbocycles. The zero-order valence-electron chi connectivity index (χ0n) is 8.92. The summed E-state index contributed by atoms with van der Waals surface area (Å²) in [4.78, 5) is 2.36. The summed E-state index contributed by atoms with van der Waals surface area (Å²) in [6.07, 6.45) is 0. The molecule has 3 heteroatoms. The average Bonchev–Trinajstić information content (AvgIpc) is 2.28. The van der Waals surface area contributed by atoms with Crippen LogP contribution in [0.4, 0.5) is 0 Å². The van der Waals surface area contributed by atoms with Gasteiger partial charge in [0.25, 0.3) is 0 Å². The van der Waals surface area contributed by atoms with Crippen LogP contribution in [-0.2, 0) is 4.74 Å². The summed E-state index contributed by atoms with van der Waals surface area (Å²) < 4.78 is 5.48. The van der Waals surface area contributed by atoms with E-state index in [0.29, 0.717) is 12.6 Å². The molecular formula is C10H21NO2. The molecule has 0 amide bonds. The van der Waals surface area contributed by atoms with Crippen LogP contribution >= 0.6 is 0 Å². The van der Waals surface area contributed by atoms with Crippen molar-refractivity contribution in [3.8, 4) is 0 Å². The van der Waals surface area contributed by atoms with E-state index in [0.717, 1.165) is 19.7 Å². The summed E-state index contributed by atoms with van der Waals surface area (Å²) in [6, 6.07) is 0.535. The summed E-state index contributed by atoms with van der Waals surface area (Å²) in [6.45, 7) is 10.0. The molecular weight excluding hydrogens is 166 g/mol. The molecule has 0 bridgehead atoms. The highest BCUT2D eigenvalue weighted by molar-refractivity contribution is 4.81. The average molecular weight is 187 g/mol. The highest BCUT2D eigenvalue weighted by Gasteiger charge is 2.30. The molecule has 0 unspecified atom stereocenters. The Bertz CT molecular complexity index is 161. The van der Waals surface area contributed by atoms with Gasteiger partial charge in [-0.3, -0.25) is 4.90 Å². The Morgan fingerprint density at radius 3 is 2.77 bits per heavy atom. The number of nitrogens with zero attached hydrogens (tertiary/aromatic N) is 1. The van der Waals surface area contributed by atoms with Crippen LogP contribution in [0.5, 0.6) is 0 Å². The van der Waals surface area contributed by atoms with Crippen LogP contribution in [0.2, 0.25) is 0 Å². The van der Waals surface area contributed by atoms with Crippen molar-refractivity contribution < 1.29 is 9.84 Å². The van der Waals surface area contributed by atoms with Gasteiger partial charge in [-0.05, 0) is 13.8 Å². The highest BCUT2D eigenvalue weighted by Crippen LogP contribution is 2.21. The first kappa shape index (κ1) is 11.0. The molecule has 0 spiro atoms. The Hall–Kier alpha value is -0.120. The molecule has 1 saturated heterocycles. The summed E-state index contributed by atoms with van der Waals surface area (Å²) in [5, 5.41) is 9.27. The number of aliphatic hydroxyl groups is 1. The molecule has 1 N–H and O–H groups in total. The molecule has 78 valence electrons. The Morgan fingerprint density at radius 2 is 2.23 bits per heavy atom. The number of ether oxygens (including phenoxy) is 1. The van der Waals surface area contributed by atoms with Gasteiger partial charge in [0.05, 0.1) is 19.8 Å². The van der Waals surface area contributed by atoms with Crippen LogP contribution in [0, 0.1) is 5.41 Å². The fraction of sp³-hybridized carbons (Fsp3) is 1.00. The summed E-state index contributed by atoms with van der Waals surface area (Å²) in [5.74, 6) is 0. The SMILES string of the molecule is CC(C)N1CCOC[C@@](C)(CO)C1. The number of hydrogen-bond acceptors (Lipinski definition) is 3. The van der Waals surface area contributed by atoms with Gasteiger partial charge in [0.1, 0.15) is 0 Å². The minimum absolute atomic E-state index is 0.0826. The molecule has 1 heterocycles. The lowest BCUT2D eigenvalue weighted by Crippen LogP contribution is -2.42. The molecule has 1 atom stereocenters. The van der Waals surface area contributed by atoms with Crippen LogP contribution in [0.3, 0.4) is 0 Å². The lowest BCUT2D eigenvalue weighted by molar-refractivity contribution is 0.0333. The van der Waals surface area contributed by atoms with Crippen LogP contribution in [0.25, 0.3) is 0 Å². The van der Waals surface area contributed by atoms with Gasteiger partial charge in [0.2, 0.25) is 0 Å². The fourth-order valence-electron chi connectivity index (χ4n) is 1.65. The Balaban J connectivity index is 2.59. The van der Waals surface area contributed by atoms with E-state index in [1.807, 2.05) is 0 Å². The normalized spacial score (nSPS) is 32.1. The third kappa shape index (κ3) is 2.93. The first-order valence-electron chi connectivity index (χ1n) is 5.00. The smallest absolute Gasteiger partial charge is 0.0593 e. The van der Waals surface area contributed by atoms with E-state index >= 15 is 0 Å². The van der Waals surface area contributed by atoms with Crippen molar-refractivity contribution in [1.82, 2.24) is 4.90 Å². The molecule has 0 aliphatic carbocycles. The maximum Gasteiger partial charge on any atom is 0.0593 e.